The van der Waals surface area contributed by atoms with Gasteiger partial charge >= 0.3 is 5.69 Å². The fourth-order valence-corrected chi connectivity index (χ4v) is 4.47. The number of rotatable bonds is 4. The van der Waals surface area contributed by atoms with Crippen LogP contribution in [-0.4, -0.2) is 46.8 Å². The van der Waals surface area contributed by atoms with Gasteiger partial charge in [0.15, 0.2) is 11.5 Å². The van der Waals surface area contributed by atoms with Crippen LogP contribution >= 0.6 is 0 Å². The molecule has 32 heavy (non-hydrogen) atoms. The largest absolute Gasteiger partial charge is 0.493 e. The fourth-order valence-electron chi connectivity index (χ4n) is 4.47. The van der Waals surface area contributed by atoms with Gasteiger partial charge in [0, 0.05) is 30.6 Å². The van der Waals surface area contributed by atoms with Crippen molar-refractivity contribution in [3.05, 3.63) is 63.6 Å². The molecule has 0 bridgehead atoms. The smallest absolute Gasteiger partial charge is 0.329 e. The minimum atomic E-state index is -0.364. The average molecular weight is 433 g/mol. The van der Waals surface area contributed by atoms with Gasteiger partial charge in [-0.3, -0.25) is 9.36 Å². The van der Waals surface area contributed by atoms with E-state index in [2.05, 4.69) is 19.9 Å². The van der Waals surface area contributed by atoms with Crippen molar-refractivity contribution in [3.8, 4) is 11.5 Å². The van der Waals surface area contributed by atoms with Crippen molar-refractivity contribution in [3.63, 3.8) is 0 Å². The number of hydrogen-bond acceptors (Lipinski definition) is 7. The van der Waals surface area contributed by atoms with E-state index in [0.717, 1.165) is 16.7 Å². The fraction of sp³-hybridized carbons (Fsp3) is 0.304. The number of H-pyrrole nitrogens is 1. The van der Waals surface area contributed by atoms with E-state index in [4.69, 9.17) is 9.47 Å². The summed E-state index contributed by atoms with van der Waals surface area (Å²) >= 11 is 0. The molecule has 9 nitrogen and oxygen atoms in total. The summed E-state index contributed by atoms with van der Waals surface area (Å²) in [4.78, 5) is 39.5. The Bertz CT molecular complexity index is 1420. The van der Waals surface area contributed by atoms with Gasteiger partial charge in [0.2, 0.25) is 0 Å². The Kier molecular flexibility index (Phi) is 5.01. The number of piperidine rings is 1. The predicted molar refractivity (Wildman–Crippen MR) is 122 cm³/mol. The van der Waals surface area contributed by atoms with Gasteiger partial charge in [-0.15, -0.1) is 0 Å². The zero-order valence-electron chi connectivity index (χ0n) is 17.9. The number of fused-ring (bicyclic) bond motifs is 2. The number of aromatic nitrogens is 4. The summed E-state index contributed by atoms with van der Waals surface area (Å²) in [7, 11) is 3.18. The van der Waals surface area contributed by atoms with E-state index in [-0.39, 0.29) is 17.3 Å². The summed E-state index contributed by atoms with van der Waals surface area (Å²) in [6.45, 7) is 1.31. The Morgan fingerprint density at radius 2 is 1.69 bits per heavy atom. The molecule has 1 aliphatic rings. The standard InChI is InChI=1S/C23H23N5O4/c1-31-19-11-16-18(12-20(19)32-2)24-13-25-21(16)27-9-7-14(8-10-27)28-22(29)15-5-3-4-6-17(15)26-23(28)30/h3-6,11-14H,7-10H2,1-2H3,(H,26,30). The van der Waals surface area contributed by atoms with Gasteiger partial charge in [0.1, 0.15) is 12.1 Å². The van der Waals surface area contributed by atoms with Gasteiger partial charge in [-0.05, 0) is 31.0 Å². The van der Waals surface area contributed by atoms with Crippen LogP contribution in [0.1, 0.15) is 18.9 Å². The first-order chi connectivity index (χ1) is 15.6. The zero-order chi connectivity index (χ0) is 22.2. The molecule has 0 saturated carbocycles. The van der Waals surface area contributed by atoms with Crippen molar-refractivity contribution in [1.82, 2.24) is 19.5 Å². The minimum absolute atomic E-state index is 0.171. The quantitative estimate of drug-likeness (QED) is 0.527. The van der Waals surface area contributed by atoms with Gasteiger partial charge in [0.05, 0.1) is 30.6 Å². The molecule has 1 aliphatic heterocycles. The van der Waals surface area contributed by atoms with Crippen molar-refractivity contribution < 1.29 is 9.47 Å². The first-order valence-electron chi connectivity index (χ1n) is 10.5. The Morgan fingerprint density at radius 3 is 2.44 bits per heavy atom. The molecule has 0 amide bonds. The van der Waals surface area contributed by atoms with Crippen molar-refractivity contribution in [2.45, 2.75) is 18.9 Å². The molecule has 4 aromatic rings. The van der Waals surface area contributed by atoms with E-state index in [9.17, 15) is 9.59 Å². The summed E-state index contributed by atoms with van der Waals surface area (Å²) in [5.74, 6) is 2.02. The molecule has 2 aromatic carbocycles. The van der Waals surface area contributed by atoms with Crippen LogP contribution < -0.4 is 25.6 Å². The van der Waals surface area contributed by atoms with Crippen LogP contribution in [-0.2, 0) is 0 Å². The molecular weight excluding hydrogens is 410 g/mol. The number of ether oxygens (including phenoxy) is 2. The van der Waals surface area contributed by atoms with Crippen LogP contribution in [0.25, 0.3) is 21.8 Å². The lowest BCUT2D eigenvalue weighted by atomic mass is 10.0. The lowest BCUT2D eigenvalue weighted by molar-refractivity contribution is 0.355. The number of nitrogens with one attached hydrogen (secondary N) is 1. The topological polar surface area (TPSA) is 102 Å². The second kappa shape index (κ2) is 7.99. The highest BCUT2D eigenvalue weighted by molar-refractivity contribution is 5.92. The van der Waals surface area contributed by atoms with Crippen LogP contribution in [0.2, 0.25) is 0 Å². The highest BCUT2D eigenvalue weighted by Crippen LogP contribution is 2.36. The Balaban J connectivity index is 1.46. The molecule has 1 saturated heterocycles. The molecule has 0 atom stereocenters. The highest BCUT2D eigenvalue weighted by Gasteiger charge is 2.26. The molecule has 9 heteroatoms. The van der Waals surface area contributed by atoms with E-state index in [1.54, 1.807) is 38.5 Å². The number of benzene rings is 2. The molecule has 0 unspecified atom stereocenters. The van der Waals surface area contributed by atoms with Gasteiger partial charge in [-0.1, -0.05) is 12.1 Å². The van der Waals surface area contributed by atoms with Crippen molar-refractivity contribution in [2.75, 3.05) is 32.2 Å². The first kappa shape index (κ1) is 20.0. The zero-order valence-corrected chi connectivity index (χ0v) is 17.9. The minimum Gasteiger partial charge on any atom is -0.493 e. The summed E-state index contributed by atoms with van der Waals surface area (Å²) in [6.07, 6.45) is 2.84. The molecule has 3 heterocycles. The van der Waals surface area contributed by atoms with Crippen molar-refractivity contribution in [1.29, 1.82) is 0 Å². The van der Waals surface area contributed by atoms with Crippen LogP contribution in [0, 0.1) is 0 Å². The molecular formula is C23H23N5O4. The normalized spacial score (nSPS) is 14.8. The Morgan fingerprint density at radius 1 is 0.969 bits per heavy atom. The third-order valence-electron chi connectivity index (χ3n) is 6.09. The van der Waals surface area contributed by atoms with Crippen molar-refractivity contribution in [2.24, 2.45) is 0 Å². The summed E-state index contributed by atoms with van der Waals surface area (Å²) < 4.78 is 12.2. The molecule has 0 aliphatic carbocycles. The number of nitrogens with zero attached hydrogens (tertiary/aromatic N) is 4. The van der Waals surface area contributed by atoms with Gasteiger partial charge in [-0.2, -0.15) is 0 Å². The molecule has 0 spiro atoms. The van der Waals surface area contributed by atoms with Crippen LogP contribution in [0.5, 0.6) is 11.5 Å². The number of hydrogen-bond donors (Lipinski definition) is 1. The van der Waals surface area contributed by atoms with Crippen molar-refractivity contribution >= 4 is 27.6 Å². The van der Waals surface area contributed by atoms with E-state index in [1.165, 1.54) is 10.9 Å². The second-order valence-electron chi connectivity index (χ2n) is 7.79. The lowest BCUT2D eigenvalue weighted by Crippen LogP contribution is -2.43. The Labute approximate surface area is 183 Å². The number of para-hydroxylation sites is 1. The number of aromatic amines is 1. The maximum atomic E-state index is 13.0. The predicted octanol–water partition coefficient (Wildman–Crippen LogP) is 2.49. The maximum Gasteiger partial charge on any atom is 0.329 e. The molecule has 1 N–H and O–H groups in total. The summed E-state index contributed by atoms with van der Waals surface area (Å²) in [5.41, 5.74) is 0.716. The number of methoxy groups -OCH3 is 2. The molecule has 164 valence electrons. The molecule has 1 fully saturated rings. The summed E-state index contributed by atoms with van der Waals surface area (Å²) in [6, 6.07) is 10.6. The van der Waals surface area contributed by atoms with E-state index in [1.807, 2.05) is 12.1 Å². The SMILES string of the molecule is COc1cc2ncnc(N3CCC(n4c(=O)[nH]c5ccccc5c4=O)CC3)c2cc1OC. The highest BCUT2D eigenvalue weighted by atomic mass is 16.5. The van der Waals surface area contributed by atoms with Crippen LogP contribution in [0.15, 0.2) is 52.3 Å². The molecule has 0 radical (unpaired) electrons. The maximum absolute atomic E-state index is 13.0. The lowest BCUT2D eigenvalue weighted by Gasteiger charge is -2.33. The average Bonchev–Trinajstić information content (AvgIpc) is 2.83. The summed E-state index contributed by atoms with van der Waals surface area (Å²) in [5, 5.41) is 1.39. The molecule has 2 aromatic heterocycles. The van der Waals surface area contributed by atoms with E-state index < -0.39 is 0 Å². The molecule has 5 rings (SSSR count). The third kappa shape index (κ3) is 3.26. The van der Waals surface area contributed by atoms with Crippen LogP contribution in [0.3, 0.4) is 0 Å². The van der Waals surface area contributed by atoms with Gasteiger partial charge in [0.25, 0.3) is 5.56 Å². The number of anilines is 1. The Hall–Kier alpha value is -3.88. The van der Waals surface area contributed by atoms with Crippen LogP contribution in [0.4, 0.5) is 5.82 Å². The first-order valence-corrected chi connectivity index (χ1v) is 10.5. The van der Waals surface area contributed by atoms with E-state index >= 15 is 0 Å². The van der Waals surface area contributed by atoms with Gasteiger partial charge in [-0.25, -0.2) is 14.8 Å². The monoisotopic (exact) mass is 433 g/mol. The van der Waals surface area contributed by atoms with Gasteiger partial charge < -0.3 is 19.4 Å². The second-order valence-corrected chi connectivity index (χ2v) is 7.79. The van der Waals surface area contributed by atoms with E-state index in [0.29, 0.717) is 48.3 Å². The third-order valence-corrected chi connectivity index (χ3v) is 6.09.